The van der Waals surface area contributed by atoms with E-state index in [4.69, 9.17) is 5.11 Å². The van der Waals surface area contributed by atoms with Crippen molar-refractivity contribution in [2.75, 3.05) is 13.6 Å². The number of carboxylic acid groups (broad SMARTS) is 1. The predicted molar refractivity (Wildman–Crippen MR) is 72.8 cm³/mol. The molecule has 0 radical (unpaired) electrons. The van der Waals surface area contributed by atoms with E-state index >= 15 is 0 Å². The number of H-pyrrole nitrogens is 1. The molecule has 0 aliphatic carbocycles. The second-order valence-electron chi connectivity index (χ2n) is 4.13. The zero-order valence-electron chi connectivity index (χ0n) is 10.2. The van der Waals surface area contributed by atoms with Crippen LogP contribution in [0.25, 0.3) is 17.0 Å². The lowest BCUT2D eigenvalue weighted by Gasteiger charge is -1.95. The van der Waals surface area contributed by atoms with Crippen LogP contribution in [-0.2, 0) is 0 Å². The van der Waals surface area contributed by atoms with Gasteiger partial charge in [0.2, 0.25) is 0 Å². The molecule has 0 spiro atoms. The molecule has 0 aliphatic rings. The number of aromatic amines is 1. The Morgan fingerprint density at radius 1 is 1.44 bits per heavy atom. The monoisotopic (exact) mass is 244 g/mol. The summed E-state index contributed by atoms with van der Waals surface area (Å²) in [5.74, 6) is -0.933. The van der Waals surface area contributed by atoms with Crippen molar-refractivity contribution in [1.29, 1.82) is 0 Å². The third-order valence-corrected chi connectivity index (χ3v) is 2.75. The number of hydrogen-bond donors (Lipinski definition) is 3. The lowest BCUT2D eigenvalue weighted by Crippen LogP contribution is -2.05. The van der Waals surface area contributed by atoms with Crippen molar-refractivity contribution >= 4 is 22.9 Å². The topological polar surface area (TPSA) is 65.1 Å². The molecule has 0 aliphatic heterocycles. The molecule has 1 heterocycles. The van der Waals surface area contributed by atoms with Crippen LogP contribution >= 0.6 is 0 Å². The van der Waals surface area contributed by atoms with Crippen LogP contribution in [0.15, 0.2) is 30.3 Å². The average molecular weight is 244 g/mol. The quantitative estimate of drug-likeness (QED) is 0.708. The fourth-order valence-corrected chi connectivity index (χ4v) is 1.81. The first-order valence-electron chi connectivity index (χ1n) is 5.88. The minimum atomic E-state index is -0.933. The molecule has 0 saturated carbocycles. The Hall–Kier alpha value is -2.07. The van der Waals surface area contributed by atoms with E-state index in [1.54, 1.807) is 6.07 Å². The molecule has 3 N–H and O–H groups in total. The molecule has 0 bridgehead atoms. The predicted octanol–water partition coefficient (Wildman–Crippen LogP) is 2.49. The first-order chi connectivity index (χ1) is 8.70. The summed E-state index contributed by atoms with van der Waals surface area (Å²) in [5, 5.41) is 12.9. The molecule has 1 aromatic heterocycles. The van der Waals surface area contributed by atoms with Crippen LogP contribution in [0.1, 0.15) is 22.5 Å². The van der Waals surface area contributed by atoms with E-state index in [1.165, 1.54) is 0 Å². The van der Waals surface area contributed by atoms with Gasteiger partial charge in [-0.2, -0.15) is 0 Å². The highest BCUT2D eigenvalue weighted by atomic mass is 16.4. The van der Waals surface area contributed by atoms with Gasteiger partial charge in [-0.3, -0.25) is 0 Å². The Bertz CT molecular complexity index is 584. The highest BCUT2D eigenvalue weighted by Gasteiger charge is 2.06. The number of nitrogens with one attached hydrogen (secondary N) is 2. The summed E-state index contributed by atoms with van der Waals surface area (Å²) < 4.78 is 0. The first kappa shape index (κ1) is 12.4. The second-order valence-corrected chi connectivity index (χ2v) is 4.13. The molecule has 2 aromatic rings. The van der Waals surface area contributed by atoms with E-state index in [0.717, 1.165) is 29.4 Å². The molecule has 0 fully saturated rings. The van der Waals surface area contributed by atoms with Gasteiger partial charge in [0.1, 0.15) is 5.69 Å². The summed E-state index contributed by atoms with van der Waals surface area (Å²) in [6.45, 7) is 0.949. The Balaban J connectivity index is 2.21. The van der Waals surface area contributed by atoms with Gasteiger partial charge in [-0.15, -0.1) is 0 Å². The van der Waals surface area contributed by atoms with E-state index in [-0.39, 0.29) is 5.69 Å². The van der Waals surface area contributed by atoms with Crippen molar-refractivity contribution in [2.45, 2.75) is 6.42 Å². The Kier molecular flexibility index (Phi) is 3.79. The lowest BCUT2D eigenvalue weighted by molar-refractivity contribution is 0.0691. The highest BCUT2D eigenvalue weighted by molar-refractivity contribution is 5.94. The van der Waals surface area contributed by atoms with Gasteiger partial charge in [0.25, 0.3) is 0 Å². The minimum Gasteiger partial charge on any atom is -0.477 e. The number of aromatic carboxylic acids is 1. The fraction of sp³-hybridized carbons (Fsp3) is 0.214. The van der Waals surface area contributed by atoms with Gasteiger partial charge in [0.15, 0.2) is 0 Å². The molecular formula is C14H16N2O2. The average Bonchev–Trinajstić information content (AvgIpc) is 2.78. The van der Waals surface area contributed by atoms with Crippen LogP contribution in [0.4, 0.5) is 0 Å². The highest BCUT2D eigenvalue weighted by Crippen LogP contribution is 2.18. The summed E-state index contributed by atoms with van der Waals surface area (Å²) in [5.41, 5.74) is 2.14. The largest absolute Gasteiger partial charge is 0.477 e. The van der Waals surface area contributed by atoms with Crippen molar-refractivity contribution < 1.29 is 9.90 Å². The third-order valence-electron chi connectivity index (χ3n) is 2.75. The van der Waals surface area contributed by atoms with Gasteiger partial charge in [-0.1, -0.05) is 24.3 Å². The van der Waals surface area contributed by atoms with Crippen LogP contribution < -0.4 is 5.32 Å². The van der Waals surface area contributed by atoms with Gasteiger partial charge in [0.05, 0.1) is 0 Å². The molecular weight excluding hydrogens is 228 g/mol. The smallest absolute Gasteiger partial charge is 0.352 e. The standard InChI is InChI=1S/C14H16N2O2/c1-15-7-3-2-4-10-5-6-11-9-13(14(17)18)16-12(11)8-10/h2,4-6,8-9,15-16H,3,7H2,1H3,(H,17,18). The molecule has 2 rings (SSSR count). The Morgan fingerprint density at radius 2 is 2.28 bits per heavy atom. The fourth-order valence-electron chi connectivity index (χ4n) is 1.81. The van der Waals surface area contributed by atoms with Crippen molar-refractivity contribution in [3.63, 3.8) is 0 Å². The molecule has 0 unspecified atom stereocenters. The first-order valence-corrected chi connectivity index (χ1v) is 5.88. The van der Waals surface area contributed by atoms with E-state index in [2.05, 4.69) is 16.4 Å². The van der Waals surface area contributed by atoms with Crippen LogP contribution in [-0.4, -0.2) is 29.7 Å². The number of fused-ring (bicyclic) bond motifs is 1. The third kappa shape index (κ3) is 2.78. The number of carbonyl (C=O) groups is 1. The summed E-state index contributed by atoms with van der Waals surface area (Å²) in [4.78, 5) is 13.7. The van der Waals surface area contributed by atoms with Crippen LogP contribution in [0.3, 0.4) is 0 Å². The van der Waals surface area contributed by atoms with E-state index in [9.17, 15) is 4.79 Å². The van der Waals surface area contributed by atoms with Crippen molar-refractivity contribution in [3.05, 3.63) is 41.6 Å². The molecule has 0 atom stereocenters. The molecule has 4 nitrogen and oxygen atoms in total. The molecule has 1 aromatic carbocycles. The van der Waals surface area contributed by atoms with Crippen LogP contribution in [0, 0.1) is 0 Å². The summed E-state index contributed by atoms with van der Waals surface area (Å²) in [6.07, 6.45) is 5.11. The summed E-state index contributed by atoms with van der Waals surface area (Å²) >= 11 is 0. The van der Waals surface area contributed by atoms with E-state index in [1.807, 2.05) is 31.3 Å². The van der Waals surface area contributed by atoms with E-state index < -0.39 is 5.97 Å². The number of rotatable bonds is 5. The number of carboxylic acids is 1. The maximum absolute atomic E-state index is 10.8. The van der Waals surface area contributed by atoms with Crippen molar-refractivity contribution in [1.82, 2.24) is 10.3 Å². The number of benzene rings is 1. The van der Waals surface area contributed by atoms with Crippen molar-refractivity contribution in [2.24, 2.45) is 0 Å². The molecule has 0 saturated heterocycles. The molecule has 4 heteroatoms. The SMILES string of the molecule is CNCCC=Cc1ccc2cc(C(=O)O)[nH]c2c1. The van der Waals surface area contributed by atoms with Gasteiger partial charge < -0.3 is 15.4 Å². The lowest BCUT2D eigenvalue weighted by atomic mass is 10.1. The number of hydrogen-bond acceptors (Lipinski definition) is 2. The zero-order chi connectivity index (χ0) is 13.0. The van der Waals surface area contributed by atoms with Crippen LogP contribution in [0.2, 0.25) is 0 Å². The summed E-state index contributed by atoms with van der Waals surface area (Å²) in [6, 6.07) is 7.51. The minimum absolute atomic E-state index is 0.223. The van der Waals surface area contributed by atoms with Gasteiger partial charge in [-0.05, 0) is 37.7 Å². The van der Waals surface area contributed by atoms with Crippen molar-refractivity contribution in [3.8, 4) is 0 Å². The van der Waals surface area contributed by atoms with Gasteiger partial charge in [0, 0.05) is 10.9 Å². The molecule has 94 valence electrons. The van der Waals surface area contributed by atoms with Gasteiger partial charge in [-0.25, -0.2) is 4.79 Å². The summed E-state index contributed by atoms with van der Waals surface area (Å²) in [7, 11) is 1.92. The molecule has 18 heavy (non-hydrogen) atoms. The van der Waals surface area contributed by atoms with Gasteiger partial charge >= 0.3 is 5.97 Å². The van der Waals surface area contributed by atoms with E-state index in [0.29, 0.717) is 0 Å². The zero-order valence-corrected chi connectivity index (χ0v) is 10.2. The molecule has 0 amide bonds. The number of aromatic nitrogens is 1. The van der Waals surface area contributed by atoms with Crippen LogP contribution in [0.5, 0.6) is 0 Å². The second kappa shape index (κ2) is 5.51. The normalized spacial score (nSPS) is 11.4. The maximum Gasteiger partial charge on any atom is 0.352 e. The Labute approximate surface area is 105 Å². The Morgan fingerprint density at radius 3 is 3.00 bits per heavy atom. The maximum atomic E-state index is 10.8.